The summed E-state index contributed by atoms with van der Waals surface area (Å²) in [5.41, 5.74) is 1.82. The van der Waals surface area contributed by atoms with E-state index in [0.29, 0.717) is 23.9 Å². The Balaban J connectivity index is 1.48. The number of carbonyl (C=O) groups is 1. The highest BCUT2D eigenvalue weighted by molar-refractivity contribution is 8.03. The summed E-state index contributed by atoms with van der Waals surface area (Å²) in [5.74, 6) is 1.67. The van der Waals surface area contributed by atoms with Gasteiger partial charge in [0, 0.05) is 17.9 Å². The van der Waals surface area contributed by atoms with Crippen LogP contribution in [0.1, 0.15) is 19.0 Å². The first kappa shape index (κ1) is 18.9. The van der Waals surface area contributed by atoms with Crippen LogP contribution in [-0.4, -0.2) is 33.4 Å². The van der Waals surface area contributed by atoms with Crippen LogP contribution in [-0.2, 0) is 10.5 Å². The predicted molar refractivity (Wildman–Crippen MR) is 105 cm³/mol. The minimum atomic E-state index is 0.0253. The summed E-state index contributed by atoms with van der Waals surface area (Å²) in [5, 5.41) is 11.1. The molecule has 0 fully saturated rings. The number of hydrogen-bond donors (Lipinski definition) is 1. The van der Waals surface area contributed by atoms with E-state index >= 15 is 0 Å². The third-order valence-corrected chi connectivity index (χ3v) is 6.43. The Morgan fingerprint density at radius 2 is 1.96 bits per heavy atom. The molecule has 2 aromatic heterocycles. The molecular formula is C17H18N4O2S3. The number of nitrogens with zero attached hydrogens (tertiary/aromatic N) is 3. The van der Waals surface area contributed by atoms with E-state index < -0.39 is 0 Å². The van der Waals surface area contributed by atoms with Gasteiger partial charge in [0.1, 0.15) is 6.26 Å². The van der Waals surface area contributed by atoms with Gasteiger partial charge in [0.2, 0.25) is 11.8 Å². The number of nitrogens with one attached hydrogen (secondary N) is 1. The van der Waals surface area contributed by atoms with E-state index in [-0.39, 0.29) is 5.91 Å². The molecule has 3 rings (SSSR count). The van der Waals surface area contributed by atoms with Crippen LogP contribution in [0.15, 0.2) is 49.7 Å². The fourth-order valence-electron chi connectivity index (χ4n) is 1.98. The molecule has 0 unspecified atom stereocenters. The molecule has 3 aromatic rings. The number of thioether (sulfide) groups is 2. The van der Waals surface area contributed by atoms with E-state index in [9.17, 15) is 4.79 Å². The molecule has 6 nitrogen and oxygen atoms in total. The first-order valence-electron chi connectivity index (χ1n) is 8.10. The Morgan fingerprint density at radius 3 is 2.73 bits per heavy atom. The first-order chi connectivity index (χ1) is 12.7. The van der Waals surface area contributed by atoms with E-state index in [0.717, 1.165) is 26.4 Å². The second kappa shape index (κ2) is 9.75. The Morgan fingerprint density at radius 1 is 1.19 bits per heavy atom. The summed E-state index contributed by atoms with van der Waals surface area (Å²) in [4.78, 5) is 16.1. The highest BCUT2D eigenvalue weighted by Crippen LogP contribution is 2.31. The van der Waals surface area contributed by atoms with Gasteiger partial charge in [-0.15, -0.1) is 10.2 Å². The molecular weight excluding hydrogens is 388 g/mol. The van der Waals surface area contributed by atoms with Crippen LogP contribution in [0.2, 0.25) is 0 Å². The number of hydrogen-bond acceptors (Lipinski definition) is 8. The zero-order valence-electron chi connectivity index (χ0n) is 14.2. The van der Waals surface area contributed by atoms with Crippen molar-refractivity contribution in [3.8, 4) is 11.5 Å². The second-order valence-electron chi connectivity index (χ2n) is 5.27. The predicted octanol–water partition coefficient (Wildman–Crippen LogP) is 4.10. The molecule has 0 saturated carbocycles. The number of carbonyl (C=O) groups excluding carboxylic acids is 1. The topological polar surface area (TPSA) is 80.9 Å². The molecule has 0 aliphatic carbocycles. The number of amides is 1. The van der Waals surface area contributed by atoms with Crippen LogP contribution in [0.5, 0.6) is 0 Å². The molecule has 9 heteroatoms. The van der Waals surface area contributed by atoms with E-state index in [1.54, 1.807) is 18.0 Å². The molecule has 0 spiro atoms. The largest absolute Gasteiger partial charge is 0.444 e. The lowest BCUT2D eigenvalue weighted by molar-refractivity contribution is -0.118. The Labute approximate surface area is 164 Å². The van der Waals surface area contributed by atoms with Crippen molar-refractivity contribution in [2.45, 2.75) is 27.8 Å². The monoisotopic (exact) mass is 406 g/mol. The van der Waals surface area contributed by atoms with Gasteiger partial charge in [0.15, 0.2) is 8.68 Å². The maximum atomic E-state index is 11.6. The zero-order valence-corrected chi connectivity index (χ0v) is 16.6. The zero-order chi connectivity index (χ0) is 18.2. The number of oxazole rings is 1. The van der Waals surface area contributed by atoms with Crippen LogP contribution < -0.4 is 5.32 Å². The average molecular weight is 407 g/mol. The van der Waals surface area contributed by atoms with Gasteiger partial charge >= 0.3 is 0 Å². The van der Waals surface area contributed by atoms with Gasteiger partial charge in [-0.05, 0) is 18.6 Å². The molecule has 136 valence electrons. The molecule has 0 saturated heterocycles. The van der Waals surface area contributed by atoms with E-state index in [2.05, 4.69) is 20.5 Å². The maximum Gasteiger partial charge on any atom is 0.230 e. The number of benzene rings is 1. The van der Waals surface area contributed by atoms with Gasteiger partial charge in [0.05, 0.1) is 11.4 Å². The second-order valence-corrected chi connectivity index (χ2v) is 8.69. The Kier molecular flexibility index (Phi) is 7.10. The summed E-state index contributed by atoms with van der Waals surface area (Å²) in [6.07, 6.45) is 2.61. The van der Waals surface area contributed by atoms with Gasteiger partial charge in [-0.25, -0.2) is 4.98 Å². The van der Waals surface area contributed by atoms with Crippen molar-refractivity contribution in [2.75, 3.05) is 12.3 Å². The maximum absolute atomic E-state index is 11.6. The lowest BCUT2D eigenvalue weighted by Gasteiger charge is -2.00. The standard InChI is InChI=1S/C17H18N4O2S3/c1-2-8-18-14(22)11-25-17-21-20-16(26-17)24-10-13-9-23-15(19-13)12-6-4-3-5-7-12/h3-7,9H,2,8,10-11H2,1H3,(H,18,22). The lowest BCUT2D eigenvalue weighted by Crippen LogP contribution is -2.25. The van der Waals surface area contributed by atoms with Crippen molar-refractivity contribution < 1.29 is 9.21 Å². The van der Waals surface area contributed by atoms with Crippen molar-refractivity contribution >= 4 is 40.8 Å². The van der Waals surface area contributed by atoms with Crippen LogP contribution in [0.25, 0.3) is 11.5 Å². The first-order valence-corrected chi connectivity index (χ1v) is 10.9. The number of aromatic nitrogens is 3. The molecule has 1 N–H and O–H groups in total. The molecule has 0 bridgehead atoms. The van der Waals surface area contributed by atoms with Gasteiger partial charge in [-0.3, -0.25) is 4.79 Å². The van der Waals surface area contributed by atoms with Crippen molar-refractivity contribution in [1.82, 2.24) is 20.5 Å². The third kappa shape index (κ3) is 5.58. The summed E-state index contributed by atoms with van der Waals surface area (Å²) < 4.78 is 7.18. The van der Waals surface area contributed by atoms with Crippen LogP contribution in [0, 0.1) is 0 Å². The smallest absolute Gasteiger partial charge is 0.230 e. The highest BCUT2D eigenvalue weighted by atomic mass is 32.2. The molecule has 1 amide bonds. The van der Waals surface area contributed by atoms with Gasteiger partial charge in [0.25, 0.3) is 0 Å². The molecule has 1 aromatic carbocycles. The molecule has 0 aliphatic rings. The molecule has 2 heterocycles. The lowest BCUT2D eigenvalue weighted by atomic mass is 10.2. The normalized spacial score (nSPS) is 10.8. The summed E-state index contributed by atoms with van der Waals surface area (Å²) in [6.45, 7) is 2.73. The molecule has 0 radical (unpaired) electrons. The van der Waals surface area contributed by atoms with Crippen LogP contribution in [0.3, 0.4) is 0 Å². The van der Waals surface area contributed by atoms with E-state index in [1.807, 2.05) is 37.3 Å². The Hall–Kier alpha value is -1.84. The van der Waals surface area contributed by atoms with Crippen LogP contribution >= 0.6 is 34.9 Å². The van der Waals surface area contributed by atoms with E-state index in [4.69, 9.17) is 4.42 Å². The fraction of sp³-hybridized carbons (Fsp3) is 0.294. The fourth-order valence-corrected chi connectivity index (χ4v) is 4.71. The summed E-state index contributed by atoms with van der Waals surface area (Å²) >= 11 is 4.45. The van der Waals surface area contributed by atoms with Crippen molar-refractivity contribution in [2.24, 2.45) is 0 Å². The Bertz CT molecular complexity index is 835. The van der Waals surface area contributed by atoms with Crippen LogP contribution in [0.4, 0.5) is 0 Å². The molecule has 0 atom stereocenters. The van der Waals surface area contributed by atoms with Gasteiger partial charge in [-0.2, -0.15) is 0 Å². The minimum absolute atomic E-state index is 0.0253. The minimum Gasteiger partial charge on any atom is -0.444 e. The summed E-state index contributed by atoms with van der Waals surface area (Å²) in [7, 11) is 0. The van der Waals surface area contributed by atoms with Crippen molar-refractivity contribution in [1.29, 1.82) is 0 Å². The van der Waals surface area contributed by atoms with E-state index in [1.165, 1.54) is 23.1 Å². The quantitative estimate of drug-likeness (QED) is 0.536. The average Bonchev–Trinajstić information content (AvgIpc) is 3.33. The molecule has 0 aliphatic heterocycles. The van der Waals surface area contributed by atoms with Gasteiger partial charge < -0.3 is 9.73 Å². The van der Waals surface area contributed by atoms with Gasteiger partial charge in [-0.1, -0.05) is 60.0 Å². The van der Waals surface area contributed by atoms with Crippen molar-refractivity contribution in [3.05, 3.63) is 42.3 Å². The summed E-state index contributed by atoms with van der Waals surface area (Å²) in [6, 6.07) is 9.80. The third-order valence-electron chi connectivity index (χ3n) is 3.20. The van der Waals surface area contributed by atoms with Crippen molar-refractivity contribution in [3.63, 3.8) is 0 Å². The SMILES string of the molecule is CCCNC(=O)CSc1nnc(SCc2coc(-c3ccccc3)n2)s1. The highest BCUT2D eigenvalue weighted by Gasteiger charge is 2.11. The molecule has 26 heavy (non-hydrogen) atoms. The number of rotatable bonds is 9.